The van der Waals surface area contributed by atoms with Gasteiger partial charge in [-0.1, -0.05) is 35.5 Å². The maximum atomic E-state index is 10.6. The molecule has 1 N–H and O–H groups in total. The van der Waals surface area contributed by atoms with E-state index in [0.717, 1.165) is 11.3 Å². The van der Waals surface area contributed by atoms with E-state index in [0.29, 0.717) is 11.4 Å². The minimum Gasteiger partial charge on any atom is -0.497 e. The first-order valence-corrected chi connectivity index (χ1v) is 6.57. The number of hydrogen-bond acceptors (Lipinski definition) is 4. The molecule has 0 fully saturated rings. The van der Waals surface area contributed by atoms with E-state index in [1.807, 2.05) is 48.5 Å². The summed E-state index contributed by atoms with van der Waals surface area (Å²) in [7, 11) is 1.60. The van der Waals surface area contributed by atoms with Gasteiger partial charge in [0.1, 0.15) is 11.9 Å². The van der Waals surface area contributed by atoms with Crippen LogP contribution in [0.5, 0.6) is 5.75 Å². The summed E-state index contributed by atoms with van der Waals surface area (Å²) in [5.74, 6) is 0.699. The zero-order valence-corrected chi connectivity index (χ0v) is 11.5. The van der Waals surface area contributed by atoms with E-state index in [4.69, 9.17) is 4.74 Å². The van der Waals surface area contributed by atoms with Crippen molar-refractivity contribution in [3.63, 3.8) is 0 Å². The third kappa shape index (κ3) is 2.64. The molecule has 0 aliphatic heterocycles. The molecule has 0 aliphatic carbocycles. The Hall–Kier alpha value is -2.66. The second kappa shape index (κ2) is 5.76. The van der Waals surface area contributed by atoms with E-state index in [1.165, 1.54) is 0 Å². The van der Waals surface area contributed by atoms with Gasteiger partial charge in [0.25, 0.3) is 0 Å². The molecular formula is C16H15N3O2. The van der Waals surface area contributed by atoms with Crippen molar-refractivity contribution in [3.05, 3.63) is 72.1 Å². The van der Waals surface area contributed by atoms with Crippen molar-refractivity contribution in [2.75, 3.05) is 7.11 Å². The van der Waals surface area contributed by atoms with Crippen LogP contribution in [0.3, 0.4) is 0 Å². The Kier molecular flexibility index (Phi) is 3.66. The Bertz CT molecular complexity index is 725. The van der Waals surface area contributed by atoms with E-state index < -0.39 is 6.10 Å². The zero-order chi connectivity index (χ0) is 14.7. The van der Waals surface area contributed by atoms with Crippen LogP contribution in [0.1, 0.15) is 17.4 Å². The van der Waals surface area contributed by atoms with Gasteiger partial charge in [0.2, 0.25) is 0 Å². The van der Waals surface area contributed by atoms with Crippen molar-refractivity contribution in [1.82, 2.24) is 15.0 Å². The van der Waals surface area contributed by atoms with E-state index in [1.54, 1.807) is 24.1 Å². The predicted molar refractivity (Wildman–Crippen MR) is 78.4 cm³/mol. The van der Waals surface area contributed by atoms with Crippen molar-refractivity contribution in [3.8, 4) is 11.4 Å². The van der Waals surface area contributed by atoms with Crippen LogP contribution in [-0.4, -0.2) is 27.2 Å². The largest absolute Gasteiger partial charge is 0.497 e. The lowest BCUT2D eigenvalue weighted by Crippen LogP contribution is -2.08. The van der Waals surface area contributed by atoms with Crippen LogP contribution in [0.4, 0.5) is 0 Å². The van der Waals surface area contributed by atoms with Gasteiger partial charge in [-0.05, 0) is 29.8 Å². The van der Waals surface area contributed by atoms with Gasteiger partial charge < -0.3 is 9.84 Å². The highest BCUT2D eigenvalue weighted by molar-refractivity contribution is 5.36. The molecule has 2 aromatic carbocycles. The monoisotopic (exact) mass is 281 g/mol. The highest BCUT2D eigenvalue weighted by Crippen LogP contribution is 2.25. The number of benzene rings is 2. The fraction of sp³-hybridized carbons (Fsp3) is 0.125. The Balaban J connectivity index is 1.99. The lowest BCUT2D eigenvalue weighted by molar-refractivity contribution is 0.211. The third-order valence-corrected chi connectivity index (χ3v) is 3.27. The van der Waals surface area contributed by atoms with E-state index >= 15 is 0 Å². The molecule has 0 amide bonds. The van der Waals surface area contributed by atoms with Gasteiger partial charge in [-0.25, -0.2) is 4.68 Å². The van der Waals surface area contributed by atoms with Gasteiger partial charge in [-0.3, -0.25) is 0 Å². The van der Waals surface area contributed by atoms with Crippen LogP contribution >= 0.6 is 0 Å². The molecule has 3 rings (SSSR count). The quantitative estimate of drug-likeness (QED) is 0.797. The van der Waals surface area contributed by atoms with Crippen molar-refractivity contribution in [1.29, 1.82) is 0 Å². The first-order chi connectivity index (χ1) is 10.3. The minimum atomic E-state index is -0.824. The minimum absolute atomic E-state index is 0.606. The zero-order valence-electron chi connectivity index (χ0n) is 11.5. The number of hydrogen-bond donors (Lipinski definition) is 1. The van der Waals surface area contributed by atoms with Crippen LogP contribution in [0.2, 0.25) is 0 Å². The maximum absolute atomic E-state index is 10.6. The Morgan fingerprint density at radius 1 is 1.10 bits per heavy atom. The Morgan fingerprint density at radius 2 is 1.90 bits per heavy atom. The van der Waals surface area contributed by atoms with Crippen LogP contribution < -0.4 is 4.74 Å². The fourth-order valence-corrected chi connectivity index (χ4v) is 2.18. The normalized spacial score (nSPS) is 12.1. The number of methoxy groups -OCH3 is 1. The van der Waals surface area contributed by atoms with Gasteiger partial charge in [-0.15, -0.1) is 5.10 Å². The summed E-state index contributed by atoms with van der Waals surface area (Å²) in [5.41, 5.74) is 2.19. The number of aromatic nitrogens is 3. The summed E-state index contributed by atoms with van der Waals surface area (Å²) in [6.45, 7) is 0. The molecule has 1 unspecified atom stereocenters. The van der Waals surface area contributed by atoms with Crippen LogP contribution in [0, 0.1) is 0 Å². The van der Waals surface area contributed by atoms with E-state index in [9.17, 15) is 5.11 Å². The molecule has 0 aliphatic rings. The average molecular weight is 281 g/mol. The Labute approximate surface area is 122 Å². The maximum Gasteiger partial charge on any atom is 0.123 e. The summed E-state index contributed by atoms with van der Waals surface area (Å²) in [6.07, 6.45) is 0.743. The molecule has 5 nitrogen and oxygen atoms in total. The molecule has 106 valence electrons. The lowest BCUT2D eigenvalue weighted by Gasteiger charge is -2.13. The van der Waals surface area contributed by atoms with Crippen molar-refractivity contribution < 1.29 is 9.84 Å². The standard InChI is InChI=1S/C16H15N3O2/c1-21-14-9-5-6-12(10-14)16(20)15-11-17-18-19(15)13-7-3-2-4-8-13/h2-11,16,20H,1H3. The molecule has 0 saturated heterocycles. The van der Waals surface area contributed by atoms with Crippen molar-refractivity contribution >= 4 is 0 Å². The lowest BCUT2D eigenvalue weighted by atomic mass is 10.1. The molecule has 0 saturated carbocycles. The third-order valence-electron chi connectivity index (χ3n) is 3.27. The highest BCUT2D eigenvalue weighted by Gasteiger charge is 2.17. The van der Waals surface area contributed by atoms with Gasteiger partial charge in [0.05, 0.1) is 24.7 Å². The van der Waals surface area contributed by atoms with Gasteiger partial charge in [-0.2, -0.15) is 0 Å². The molecule has 1 atom stereocenters. The molecule has 1 heterocycles. The molecule has 1 aromatic heterocycles. The number of para-hydroxylation sites is 1. The first-order valence-electron chi connectivity index (χ1n) is 6.57. The Morgan fingerprint density at radius 3 is 2.67 bits per heavy atom. The predicted octanol–water partition coefficient (Wildman–Crippen LogP) is 2.36. The average Bonchev–Trinajstić information content (AvgIpc) is 3.04. The second-order valence-electron chi connectivity index (χ2n) is 4.59. The van der Waals surface area contributed by atoms with Crippen LogP contribution in [0.25, 0.3) is 5.69 Å². The number of ether oxygens (including phenoxy) is 1. The van der Waals surface area contributed by atoms with Crippen molar-refractivity contribution in [2.45, 2.75) is 6.10 Å². The number of nitrogens with zero attached hydrogens (tertiary/aromatic N) is 3. The number of aliphatic hydroxyl groups excluding tert-OH is 1. The first kappa shape index (κ1) is 13.3. The van der Waals surface area contributed by atoms with E-state index in [-0.39, 0.29) is 0 Å². The molecule has 5 heteroatoms. The SMILES string of the molecule is COc1cccc(C(O)c2cnnn2-c2ccccc2)c1. The fourth-order valence-electron chi connectivity index (χ4n) is 2.18. The summed E-state index contributed by atoms with van der Waals surface area (Å²) < 4.78 is 6.82. The number of rotatable bonds is 4. The van der Waals surface area contributed by atoms with Crippen LogP contribution in [-0.2, 0) is 0 Å². The van der Waals surface area contributed by atoms with Gasteiger partial charge in [0, 0.05) is 0 Å². The summed E-state index contributed by atoms with van der Waals surface area (Å²) in [4.78, 5) is 0. The second-order valence-corrected chi connectivity index (χ2v) is 4.59. The number of aliphatic hydroxyl groups is 1. The highest BCUT2D eigenvalue weighted by atomic mass is 16.5. The summed E-state index contributed by atoms with van der Waals surface area (Å²) in [5, 5.41) is 18.5. The molecule has 0 bridgehead atoms. The topological polar surface area (TPSA) is 60.2 Å². The smallest absolute Gasteiger partial charge is 0.123 e. The molecule has 21 heavy (non-hydrogen) atoms. The molecule has 0 radical (unpaired) electrons. The summed E-state index contributed by atoms with van der Waals surface area (Å²) >= 11 is 0. The van der Waals surface area contributed by atoms with Crippen molar-refractivity contribution in [2.24, 2.45) is 0 Å². The van der Waals surface area contributed by atoms with E-state index in [2.05, 4.69) is 10.3 Å². The molecular weight excluding hydrogens is 266 g/mol. The summed E-state index contributed by atoms with van der Waals surface area (Å²) in [6, 6.07) is 16.9. The van der Waals surface area contributed by atoms with Gasteiger partial charge >= 0.3 is 0 Å². The van der Waals surface area contributed by atoms with Crippen LogP contribution in [0.15, 0.2) is 60.8 Å². The molecule has 3 aromatic rings. The molecule has 0 spiro atoms. The van der Waals surface area contributed by atoms with Gasteiger partial charge in [0.15, 0.2) is 0 Å².